The number of H-pyrrole nitrogens is 1. The molecule has 35 heavy (non-hydrogen) atoms. The number of sulfone groups is 1. The zero-order valence-corrected chi connectivity index (χ0v) is 20.4. The molecule has 0 aliphatic rings. The molecular weight excluding hydrogens is 480 g/mol. The van der Waals surface area contributed by atoms with Gasteiger partial charge in [0, 0.05) is 43.9 Å². The van der Waals surface area contributed by atoms with E-state index in [-0.39, 0.29) is 33.5 Å². The highest BCUT2D eigenvalue weighted by Crippen LogP contribution is 2.43. The molecule has 0 saturated heterocycles. The zero-order valence-electron chi connectivity index (χ0n) is 19.6. The molecule has 0 amide bonds. The largest absolute Gasteiger partial charge is 0.492 e. The third-order valence-electron chi connectivity index (χ3n) is 5.25. The maximum absolute atomic E-state index is 16.0. The Bertz CT molecular complexity index is 1520. The summed E-state index contributed by atoms with van der Waals surface area (Å²) >= 11 is 0. The average molecular weight is 504 g/mol. The Kier molecular flexibility index (Phi) is 6.19. The highest BCUT2D eigenvalue weighted by Gasteiger charge is 2.27. The van der Waals surface area contributed by atoms with Crippen molar-refractivity contribution >= 4 is 33.0 Å². The number of aromatic nitrogens is 5. The molecule has 184 valence electrons. The first-order valence-corrected chi connectivity index (χ1v) is 12.2. The summed E-state index contributed by atoms with van der Waals surface area (Å²) in [7, 11) is 0.865. The second-order valence-corrected chi connectivity index (χ2v) is 9.93. The van der Waals surface area contributed by atoms with Crippen LogP contribution in [-0.4, -0.2) is 53.8 Å². The number of hydrogen-bond donors (Lipinski definition) is 2. The molecule has 4 rings (SSSR count). The molecule has 0 spiro atoms. The van der Waals surface area contributed by atoms with Gasteiger partial charge in [-0.25, -0.2) is 22.2 Å². The van der Waals surface area contributed by atoms with E-state index in [9.17, 15) is 12.8 Å². The van der Waals surface area contributed by atoms with Gasteiger partial charge in [0.15, 0.2) is 38.9 Å². The van der Waals surface area contributed by atoms with Crippen molar-refractivity contribution in [2.75, 3.05) is 30.6 Å². The zero-order chi connectivity index (χ0) is 25.5. The fraction of sp³-hybridized carbons (Fsp3) is 0.227. The number of halogens is 2. The molecule has 0 bridgehead atoms. The molecule has 13 heteroatoms. The van der Waals surface area contributed by atoms with Crippen molar-refractivity contribution < 1.29 is 21.9 Å². The van der Waals surface area contributed by atoms with E-state index in [1.807, 2.05) is 6.92 Å². The van der Waals surface area contributed by atoms with Crippen molar-refractivity contribution in [1.82, 2.24) is 25.0 Å². The molecule has 0 saturated carbocycles. The predicted octanol–water partition coefficient (Wildman–Crippen LogP) is 3.72. The van der Waals surface area contributed by atoms with Crippen LogP contribution in [0.25, 0.3) is 11.1 Å². The van der Waals surface area contributed by atoms with E-state index < -0.39 is 21.5 Å². The molecule has 0 aliphatic carbocycles. The van der Waals surface area contributed by atoms with Crippen LogP contribution in [0.15, 0.2) is 41.6 Å². The molecule has 0 radical (unpaired) electrons. The minimum absolute atomic E-state index is 0.0559. The van der Waals surface area contributed by atoms with Gasteiger partial charge in [0.05, 0.1) is 29.5 Å². The van der Waals surface area contributed by atoms with Crippen LogP contribution in [0.4, 0.5) is 31.9 Å². The average Bonchev–Trinajstić information content (AvgIpc) is 3.40. The second-order valence-electron chi connectivity index (χ2n) is 7.91. The van der Waals surface area contributed by atoms with Gasteiger partial charge in [-0.15, -0.1) is 0 Å². The van der Waals surface area contributed by atoms with Crippen LogP contribution < -0.4 is 15.0 Å². The summed E-state index contributed by atoms with van der Waals surface area (Å²) in [6.45, 7) is 1.82. The normalized spacial score (nSPS) is 11.5. The summed E-state index contributed by atoms with van der Waals surface area (Å²) in [5.74, 6) is -1.23. The maximum Gasteiger partial charge on any atom is 0.177 e. The highest BCUT2D eigenvalue weighted by atomic mass is 32.2. The fourth-order valence-corrected chi connectivity index (χ4v) is 4.19. The molecule has 0 atom stereocenters. The van der Waals surface area contributed by atoms with Gasteiger partial charge in [0.1, 0.15) is 5.82 Å². The number of anilines is 4. The molecule has 3 aromatic heterocycles. The number of ether oxygens (including phenoxy) is 1. The van der Waals surface area contributed by atoms with E-state index in [4.69, 9.17) is 4.74 Å². The van der Waals surface area contributed by atoms with E-state index >= 15 is 4.39 Å². The Morgan fingerprint density at radius 3 is 2.51 bits per heavy atom. The summed E-state index contributed by atoms with van der Waals surface area (Å²) in [5, 5.41) is 14.0. The lowest BCUT2D eigenvalue weighted by molar-refractivity contribution is 0.413. The van der Waals surface area contributed by atoms with Crippen LogP contribution in [0.1, 0.15) is 5.69 Å². The van der Waals surface area contributed by atoms with E-state index in [0.29, 0.717) is 11.4 Å². The first kappa shape index (κ1) is 24.1. The second kappa shape index (κ2) is 8.98. The summed E-state index contributed by atoms with van der Waals surface area (Å²) in [5.41, 5.74) is 1.17. The Morgan fingerprint density at radius 1 is 1.23 bits per heavy atom. The van der Waals surface area contributed by atoms with Gasteiger partial charge in [-0.1, -0.05) is 0 Å². The predicted molar refractivity (Wildman–Crippen MR) is 127 cm³/mol. The summed E-state index contributed by atoms with van der Waals surface area (Å²) in [4.78, 5) is 5.38. The Labute approximate surface area is 200 Å². The Morgan fingerprint density at radius 2 is 1.97 bits per heavy atom. The van der Waals surface area contributed by atoms with Crippen molar-refractivity contribution in [3.8, 4) is 16.9 Å². The van der Waals surface area contributed by atoms with Gasteiger partial charge in [-0.3, -0.25) is 9.78 Å². The number of hydrogen-bond acceptors (Lipinski definition) is 8. The number of aryl methyl sites for hydroxylation is 2. The van der Waals surface area contributed by atoms with Crippen molar-refractivity contribution in [1.29, 1.82) is 0 Å². The van der Waals surface area contributed by atoms with Gasteiger partial charge in [0.2, 0.25) is 0 Å². The molecule has 3 heterocycles. The third-order valence-corrected chi connectivity index (χ3v) is 6.36. The Hall–Kier alpha value is -4.00. The van der Waals surface area contributed by atoms with Crippen molar-refractivity contribution in [3.05, 3.63) is 54.0 Å². The topological polar surface area (TPSA) is 118 Å². The fourth-order valence-electron chi connectivity index (χ4n) is 3.56. The van der Waals surface area contributed by atoms with Gasteiger partial charge in [0.25, 0.3) is 0 Å². The van der Waals surface area contributed by atoms with Crippen molar-refractivity contribution in [2.24, 2.45) is 7.05 Å². The van der Waals surface area contributed by atoms with Crippen LogP contribution in [0.5, 0.6) is 5.75 Å². The smallest absolute Gasteiger partial charge is 0.177 e. The first-order chi connectivity index (χ1) is 16.5. The molecule has 0 aliphatic heterocycles. The van der Waals surface area contributed by atoms with Crippen LogP contribution in [0.3, 0.4) is 0 Å². The number of nitrogens with zero attached hydrogens (tertiary/aromatic N) is 5. The van der Waals surface area contributed by atoms with Gasteiger partial charge < -0.3 is 15.0 Å². The van der Waals surface area contributed by atoms with Crippen molar-refractivity contribution in [3.63, 3.8) is 0 Å². The highest BCUT2D eigenvalue weighted by molar-refractivity contribution is 7.90. The number of nitrogens with one attached hydrogen (secondary N) is 2. The number of rotatable bonds is 7. The van der Waals surface area contributed by atoms with E-state index in [2.05, 4.69) is 25.6 Å². The molecule has 2 N–H and O–H groups in total. The Balaban J connectivity index is 1.91. The summed E-state index contributed by atoms with van der Waals surface area (Å²) < 4.78 is 61.5. The number of methoxy groups -OCH3 is 1. The van der Waals surface area contributed by atoms with Gasteiger partial charge >= 0.3 is 0 Å². The van der Waals surface area contributed by atoms with Crippen LogP contribution in [-0.2, 0) is 16.9 Å². The quantitative estimate of drug-likeness (QED) is 0.392. The molecule has 0 fully saturated rings. The minimum atomic E-state index is -3.62. The number of aromatic amines is 1. The molecule has 10 nitrogen and oxygen atoms in total. The first-order valence-electron chi connectivity index (χ1n) is 10.3. The van der Waals surface area contributed by atoms with Crippen LogP contribution in [0, 0.1) is 18.6 Å². The van der Waals surface area contributed by atoms with Crippen LogP contribution in [0.2, 0.25) is 0 Å². The maximum atomic E-state index is 16.0. The van der Waals surface area contributed by atoms with Crippen molar-refractivity contribution in [2.45, 2.75) is 11.8 Å². The molecular formula is C22H23F2N7O3S. The lowest BCUT2D eigenvalue weighted by Crippen LogP contribution is -2.17. The summed E-state index contributed by atoms with van der Waals surface area (Å²) in [6.07, 6.45) is 4.05. The van der Waals surface area contributed by atoms with E-state index in [0.717, 1.165) is 18.0 Å². The summed E-state index contributed by atoms with van der Waals surface area (Å²) in [6, 6.07) is 5.11. The number of benzene rings is 1. The van der Waals surface area contributed by atoms with Crippen LogP contribution >= 0.6 is 0 Å². The monoisotopic (exact) mass is 503 g/mol. The van der Waals surface area contributed by atoms with E-state index in [1.54, 1.807) is 19.3 Å². The molecule has 0 unspecified atom stereocenters. The minimum Gasteiger partial charge on any atom is -0.492 e. The third kappa shape index (κ3) is 4.67. The van der Waals surface area contributed by atoms with E-state index in [1.165, 1.54) is 42.1 Å². The lowest BCUT2D eigenvalue weighted by atomic mass is 10.1. The number of pyridine rings is 1. The SMILES string of the molecule is COc1c(Nc2cc(C)[nH]n2)nc(N(C)c2ccc(S(C)(=O)=O)cc2F)c(F)c1-c1cnn(C)c1. The van der Waals surface area contributed by atoms with Gasteiger partial charge in [-0.2, -0.15) is 10.2 Å². The molecule has 1 aromatic carbocycles. The van der Waals surface area contributed by atoms with Gasteiger partial charge in [-0.05, 0) is 25.1 Å². The molecule has 4 aromatic rings. The lowest BCUT2D eigenvalue weighted by Gasteiger charge is -2.23. The standard InChI is InChI=1S/C22H23F2N7O3S/c1-12-8-17(29-28-12)26-21-20(34-4)18(13-10-25-30(2)11-13)19(24)22(27-21)31(3)16-7-6-14(9-15(16)23)35(5,32)33/h6-11H,1-5H3,(H2,26,27,28,29).